The molecule has 2 rings (SSSR count). The summed E-state index contributed by atoms with van der Waals surface area (Å²) in [5.74, 6) is 1.89. The highest BCUT2D eigenvalue weighted by atomic mass is 15.2. The Bertz CT molecular complexity index is 747. The molecule has 1 atom stereocenters. The number of guanidine groups is 1. The number of benzene rings is 1. The number of rotatable bonds is 11. The molecule has 6 nitrogen and oxygen atoms in total. The minimum Gasteiger partial charge on any atom is -0.354 e. The van der Waals surface area contributed by atoms with E-state index in [4.69, 9.17) is 0 Å². The SMILES string of the molecule is CCN(CC)CCCC(C)NC(=NC)NCc1cccc(Cn2ccnc2C)c1. The Hall–Kier alpha value is -2.34. The van der Waals surface area contributed by atoms with E-state index in [0.717, 1.165) is 50.9 Å². The van der Waals surface area contributed by atoms with Gasteiger partial charge in [0, 0.05) is 38.6 Å². The zero-order valence-corrected chi connectivity index (χ0v) is 18.8. The lowest BCUT2D eigenvalue weighted by Gasteiger charge is -2.21. The fourth-order valence-corrected chi connectivity index (χ4v) is 3.45. The average Bonchev–Trinajstić information content (AvgIpc) is 3.13. The molecule has 0 radical (unpaired) electrons. The van der Waals surface area contributed by atoms with E-state index in [1.807, 2.05) is 26.4 Å². The van der Waals surface area contributed by atoms with Crippen LogP contribution in [0.25, 0.3) is 0 Å². The van der Waals surface area contributed by atoms with E-state index in [9.17, 15) is 0 Å². The first kappa shape index (κ1) is 22.9. The molecule has 160 valence electrons. The van der Waals surface area contributed by atoms with Gasteiger partial charge in [0.2, 0.25) is 0 Å². The number of nitrogens with zero attached hydrogens (tertiary/aromatic N) is 4. The topological polar surface area (TPSA) is 57.5 Å². The van der Waals surface area contributed by atoms with E-state index in [1.165, 1.54) is 17.5 Å². The maximum absolute atomic E-state index is 4.39. The summed E-state index contributed by atoms with van der Waals surface area (Å²) in [7, 11) is 1.83. The van der Waals surface area contributed by atoms with Gasteiger partial charge < -0.3 is 20.1 Å². The molecular weight excluding hydrogens is 360 g/mol. The third kappa shape index (κ3) is 7.89. The van der Waals surface area contributed by atoms with Crippen molar-refractivity contribution < 1.29 is 0 Å². The summed E-state index contributed by atoms with van der Waals surface area (Å²) in [4.78, 5) is 11.2. The molecule has 0 saturated heterocycles. The van der Waals surface area contributed by atoms with Gasteiger partial charge in [0.25, 0.3) is 0 Å². The number of hydrogen-bond donors (Lipinski definition) is 2. The van der Waals surface area contributed by atoms with Gasteiger partial charge in [0.15, 0.2) is 5.96 Å². The van der Waals surface area contributed by atoms with Crippen LogP contribution < -0.4 is 10.6 Å². The van der Waals surface area contributed by atoms with Crippen LogP contribution in [0, 0.1) is 6.92 Å². The second-order valence-electron chi connectivity index (χ2n) is 7.56. The normalized spacial score (nSPS) is 13.0. The van der Waals surface area contributed by atoms with Gasteiger partial charge in [-0.05, 0) is 57.5 Å². The minimum atomic E-state index is 0.396. The first-order chi connectivity index (χ1) is 14.0. The highest BCUT2D eigenvalue weighted by Crippen LogP contribution is 2.09. The van der Waals surface area contributed by atoms with Crippen molar-refractivity contribution in [1.82, 2.24) is 25.1 Å². The van der Waals surface area contributed by atoms with Gasteiger partial charge in [-0.25, -0.2) is 4.98 Å². The molecule has 0 fully saturated rings. The molecule has 0 bridgehead atoms. The Morgan fingerprint density at radius 3 is 2.66 bits per heavy atom. The van der Waals surface area contributed by atoms with Crippen molar-refractivity contribution in [3.63, 3.8) is 0 Å². The van der Waals surface area contributed by atoms with Crippen LogP contribution in [0.5, 0.6) is 0 Å². The monoisotopic (exact) mass is 398 g/mol. The second kappa shape index (κ2) is 12.3. The molecule has 1 heterocycles. The zero-order valence-electron chi connectivity index (χ0n) is 18.8. The lowest BCUT2D eigenvalue weighted by atomic mass is 10.1. The van der Waals surface area contributed by atoms with E-state index >= 15 is 0 Å². The van der Waals surface area contributed by atoms with Crippen molar-refractivity contribution >= 4 is 5.96 Å². The summed E-state index contributed by atoms with van der Waals surface area (Å²) in [6, 6.07) is 9.07. The van der Waals surface area contributed by atoms with Gasteiger partial charge in [-0.15, -0.1) is 0 Å². The zero-order chi connectivity index (χ0) is 21.1. The predicted molar refractivity (Wildman–Crippen MR) is 122 cm³/mol. The highest BCUT2D eigenvalue weighted by molar-refractivity contribution is 5.79. The van der Waals surface area contributed by atoms with Crippen molar-refractivity contribution in [2.24, 2.45) is 4.99 Å². The number of nitrogens with one attached hydrogen (secondary N) is 2. The number of aromatic nitrogens is 2. The standard InChI is InChI=1S/C23H38N6/c1-6-28(7-2)14-9-10-19(3)27-23(24-5)26-17-21-11-8-12-22(16-21)18-29-15-13-25-20(29)4/h8,11-13,15-16,19H,6-7,9-10,14,17-18H2,1-5H3,(H2,24,26,27). The predicted octanol–water partition coefficient (Wildman–Crippen LogP) is 3.42. The molecule has 1 unspecified atom stereocenters. The van der Waals surface area contributed by atoms with Gasteiger partial charge in [-0.3, -0.25) is 4.99 Å². The molecule has 0 aliphatic carbocycles. The average molecular weight is 399 g/mol. The fraction of sp³-hybridized carbons (Fsp3) is 0.565. The van der Waals surface area contributed by atoms with Gasteiger partial charge in [0.1, 0.15) is 5.82 Å². The van der Waals surface area contributed by atoms with Crippen LogP contribution in [0.1, 0.15) is 50.6 Å². The lowest BCUT2D eigenvalue weighted by Crippen LogP contribution is -2.42. The van der Waals surface area contributed by atoms with Crippen LogP contribution in [0.4, 0.5) is 0 Å². The molecule has 2 N–H and O–H groups in total. The molecule has 2 aromatic rings. The highest BCUT2D eigenvalue weighted by Gasteiger charge is 2.07. The largest absolute Gasteiger partial charge is 0.354 e. The molecule has 0 saturated carbocycles. The molecule has 0 aliphatic heterocycles. The van der Waals surface area contributed by atoms with Gasteiger partial charge >= 0.3 is 0 Å². The summed E-state index contributed by atoms with van der Waals surface area (Å²) in [5, 5.41) is 6.96. The maximum atomic E-state index is 4.39. The third-order valence-electron chi connectivity index (χ3n) is 5.34. The van der Waals surface area contributed by atoms with E-state index in [0.29, 0.717) is 6.04 Å². The number of imidazole rings is 1. The molecule has 1 aromatic carbocycles. The number of aryl methyl sites for hydroxylation is 1. The van der Waals surface area contributed by atoms with Gasteiger partial charge in [-0.2, -0.15) is 0 Å². The molecule has 0 aliphatic rings. The first-order valence-electron chi connectivity index (χ1n) is 10.8. The van der Waals surface area contributed by atoms with Crippen LogP contribution in [0.15, 0.2) is 41.7 Å². The summed E-state index contributed by atoms with van der Waals surface area (Å²) in [6.07, 6.45) is 6.20. The van der Waals surface area contributed by atoms with Crippen LogP contribution in [0.3, 0.4) is 0 Å². The summed E-state index contributed by atoms with van der Waals surface area (Å²) >= 11 is 0. The maximum Gasteiger partial charge on any atom is 0.191 e. The third-order valence-corrected chi connectivity index (χ3v) is 5.34. The number of aliphatic imine (C=N–C) groups is 1. The van der Waals surface area contributed by atoms with E-state index < -0.39 is 0 Å². The van der Waals surface area contributed by atoms with Crippen LogP contribution in [-0.4, -0.2) is 53.1 Å². The quantitative estimate of drug-likeness (QED) is 0.450. The second-order valence-corrected chi connectivity index (χ2v) is 7.56. The van der Waals surface area contributed by atoms with E-state index in [1.54, 1.807) is 0 Å². The van der Waals surface area contributed by atoms with Crippen LogP contribution in [0.2, 0.25) is 0 Å². The lowest BCUT2D eigenvalue weighted by molar-refractivity contribution is 0.292. The van der Waals surface area contributed by atoms with Crippen LogP contribution in [-0.2, 0) is 13.1 Å². The van der Waals surface area contributed by atoms with Crippen molar-refractivity contribution in [3.05, 3.63) is 53.6 Å². The van der Waals surface area contributed by atoms with Gasteiger partial charge in [-0.1, -0.05) is 38.1 Å². The van der Waals surface area contributed by atoms with Crippen molar-refractivity contribution in [2.75, 3.05) is 26.7 Å². The van der Waals surface area contributed by atoms with E-state index in [2.05, 4.69) is 75.1 Å². The molecule has 0 amide bonds. The first-order valence-corrected chi connectivity index (χ1v) is 10.8. The summed E-state index contributed by atoms with van der Waals surface area (Å²) in [5.41, 5.74) is 2.52. The minimum absolute atomic E-state index is 0.396. The Labute approximate surface area is 176 Å². The molecule has 0 spiro atoms. The Morgan fingerprint density at radius 2 is 2.00 bits per heavy atom. The summed E-state index contributed by atoms with van der Waals surface area (Å²) < 4.78 is 2.16. The van der Waals surface area contributed by atoms with Crippen molar-refractivity contribution in [1.29, 1.82) is 0 Å². The summed E-state index contributed by atoms with van der Waals surface area (Å²) in [6.45, 7) is 13.7. The molecule has 29 heavy (non-hydrogen) atoms. The fourth-order valence-electron chi connectivity index (χ4n) is 3.45. The molecule has 1 aromatic heterocycles. The van der Waals surface area contributed by atoms with Crippen molar-refractivity contribution in [3.8, 4) is 0 Å². The van der Waals surface area contributed by atoms with Gasteiger partial charge in [0.05, 0.1) is 0 Å². The molecular formula is C23H38N6. The number of hydrogen-bond acceptors (Lipinski definition) is 3. The van der Waals surface area contributed by atoms with E-state index in [-0.39, 0.29) is 0 Å². The Balaban J connectivity index is 1.80. The van der Waals surface area contributed by atoms with Crippen LogP contribution >= 0.6 is 0 Å². The smallest absolute Gasteiger partial charge is 0.191 e. The molecule has 6 heteroatoms. The Kier molecular flexibility index (Phi) is 9.71. The van der Waals surface area contributed by atoms with Crippen molar-refractivity contribution in [2.45, 2.75) is 59.7 Å². The Morgan fingerprint density at radius 1 is 1.24 bits per heavy atom.